The van der Waals surface area contributed by atoms with Crippen LogP contribution < -0.4 is 5.32 Å². The van der Waals surface area contributed by atoms with Crippen LogP contribution in [-0.4, -0.2) is 49.8 Å². The minimum Gasteiger partial charge on any atom is -0.380 e. The van der Waals surface area contributed by atoms with Crippen molar-refractivity contribution in [2.24, 2.45) is 5.92 Å². The van der Waals surface area contributed by atoms with Crippen molar-refractivity contribution in [1.82, 2.24) is 10.2 Å². The van der Waals surface area contributed by atoms with Crippen LogP contribution in [-0.2, 0) is 4.74 Å². The highest BCUT2D eigenvalue weighted by Crippen LogP contribution is 2.32. The predicted octanol–water partition coefficient (Wildman–Crippen LogP) is 2.27. The minimum absolute atomic E-state index is 0.840. The summed E-state index contributed by atoms with van der Waals surface area (Å²) in [6.45, 7) is 9.58. The zero-order chi connectivity index (χ0) is 12.8. The van der Waals surface area contributed by atoms with Gasteiger partial charge in [-0.15, -0.1) is 0 Å². The number of hydrogen-bond donors (Lipinski definition) is 1. The van der Waals surface area contributed by atoms with Crippen molar-refractivity contribution in [3.63, 3.8) is 0 Å². The molecule has 106 valence electrons. The average Bonchev–Trinajstić information content (AvgIpc) is 2.73. The lowest BCUT2D eigenvalue weighted by Gasteiger charge is -2.31. The van der Waals surface area contributed by atoms with E-state index in [1.54, 1.807) is 0 Å². The van der Waals surface area contributed by atoms with Crippen molar-refractivity contribution < 1.29 is 4.74 Å². The van der Waals surface area contributed by atoms with E-state index in [2.05, 4.69) is 24.1 Å². The molecule has 2 aliphatic rings. The van der Waals surface area contributed by atoms with Crippen LogP contribution >= 0.6 is 0 Å². The third kappa shape index (κ3) is 4.22. The molecule has 0 radical (unpaired) electrons. The second-order valence-corrected chi connectivity index (χ2v) is 5.90. The number of hydrogen-bond acceptors (Lipinski definition) is 3. The summed E-state index contributed by atoms with van der Waals surface area (Å²) in [6.07, 6.45) is 7.06. The highest BCUT2D eigenvalue weighted by atomic mass is 16.5. The van der Waals surface area contributed by atoms with Crippen LogP contribution in [0.1, 0.15) is 46.0 Å². The van der Waals surface area contributed by atoms with Gasteiger partial charge < -0.3 is 15.0 Å². The monoisotopic (exact) mass is 254 g/mol. The van der Waals surface area contributed by atoms with Crippen LogP contribution in [0.4, 0.5) is 0 Å². The molecule has 2 heterocycles. The first-order valence-corrected chi connectivity index (χ1v) is 7.88. The van der Waals surface area contributed by atoms with Crippen molar-refractivity contribution in [2.45, 2.75) is 58.0 Å². The molecule has 0 spiro atoms. The smallest absolute Gasteiger partial charge is 0.0593 e. The summed E-state index contributed by atoms with van der Waals surface area (Å²) in [4.78, 5) is 2.54. The van der Waals surface area contributed by atoms with E-state index in [0.29, 0.717) is 0 Å². The SMILES string of the molecule is CCOCCN(CC)CCC1CC2CCC(C1)N2. The Hall–Kier alpha value is -0.120. The Kier molecular flexibility index (Phi) is 5.93. The number of fused-ring (bicyclic) bond motifs is 2. The van der Waals surface area contributed by atoms with Crippen LogP contribution in [0.5, 0.6) is 0 Å². The lowest BCUT2D eigenvalue weighted by molar-refractivity contribution is 0.111. The van der Waals surface area contributed by atoms with Gasteiger partial charge >= 0.3 is 0 Å². The van der Waals surface area contributed by atoms with Crippen molar-refractivity contribution in [2.75, 3.05) is 32.8 Å². The van der Waals surface area contributed by atoms with Crippen LogP contribution in [0, 0.1) is 5.92 Å². The maximum Gasteiger partial charge on any atom is 0.0593 e. The summed E-state index contributed by atoms with van der Waals surface area (Å²) in [5.41, 5.74) is 0. The Balaban J connectivity index is 1.63. The fourth-order valence-electron chi connectivity index (χ4n) is 3.54. The van der Waals surface area contributed by atoms with Crippen molar-refractivity contribution in [3.05, 3.63) is 0 Å². The molecule has 2 atom stereocenters. The molecule has 2 unspecified atom stereocenters. The quantitative estimate of drug-likeness (QED) is 0.673. The van der Waals surface area contributed by atoms with E-state index in [1.165, 1.54) is 38.6 Å². The summed E-state index contributed by atoms with van der Waals surface area (Å²) in [5, 5.41) is 3.73. The molecule has 0 aromatic heterocycles. The predicted molar refractivity (Wildman–Crippen MR) is 75.9 cm³/mol. The molecule has 2 rings (SSSR count). The van der Waals surface area contributed by atoms with Crippen molar-refractivity contribution in [1.29, 1.82) is 0 Å². The number of rotatable bonds is 8. The van der Waals surface area contributed by atoms with E-state index in [1.807, 2.05) is 0 Å². The van der Waals surface area contributed by atoms with Gasteiger partial charge in [-0.05, 0) is 58.0 Å². The Morgan fingerprint density at radius 2 is 1.83 bits per heavy atom. The Bertz CT molecular complexity index is 223. The number of nitrogens with zero attached hydrogens (tertiary/aromatic N) is 1. The highest BCUT2D eigenvalue weighted by Gasteiger charge is 2.33. The molecule has 3 heteroatoms. The van der Waals surface area contributed by atoms with Gasteiger partial charge in [-0.1, -0.05) is 6.92 Å². The van der Waals surface area contributed by atoms with Crippen molar-refractivity contribution >= 4 is 0 Å². The molecule has 0 amide bonds. The fourth-order valence-corrected chi connectivity index (χ4v) is 3.54. The third-order valence-electron chi connectivity index (χ3n) is 4.63. The van der Waals surface area contributed by atoms with Crippen LogP contribution in [0.2, 0.25) is 0 Å². The Morgan fingerprint density at radius 3 is 2.44 bits per heavy atom. The molecule has 2 saturated heterocycles. The van der Waals surface area contributed by atoms with Gasteiger partial charge in [0.2, 0.25) is 0 Å². The summed E-state index contributed by atoms with van der Waals surface area (Å²) < 4.78 is 5.45. The van der Waals surface area contributed by atoms with E-state index in [9.17, 15) is 0 Å². The first-order valence-electron chi connectivity index (χ1n) is 7.88. The van der Waals surface area contributed by atoms with Gasteiger partial charge in [0.1, 0.15) is 0 Å². The molecular weight excluding hydrogens is 224 g/mol. The van der Waals surface area contributed by atoms with Gasteiger partial charge in [0.15, 0.2) is 0 Å². The first kappa shape index (κ1) is 14.3. The van der Waals surface area contributed by atoms with Gasteiger partial charge in [0.25, 0.3) is 0 Å². The van der Waals surface area contributed by atoms with Crippen LogP contribution in [0.25, 0.3) is 0 Å². The molecule has 3 nitrogen and oxygen atoms in total. The van der Waals surface area contributed by atoms with Crippen molar-refractivity contribution in [3.8, 4) is 0 Å². The topological polar surface area (TPSA) is 24.5 Å². The van der Waals surface area contributed by atoms with E-state index in [0.717, 1.165) is 44.3 Å². The Labute approximate surface area is 112 Å². The lowest BCUT2D eigenvalue weighted by atomic mass is 9.89. The van der Waals surface area contributed by atoms with Gasteiger partial charge in [0, 0.05) is 25.2 Å². The molecule has 0 saturated carbocycles. The average molecular weight is 254 g/mol. The van der Waals surface area contributed by atoms with E-state index in [-0.39, 0.29) is 0 Å². The number of likely N-dealkylation sites (N-methyl/N-ethyl adjacent to an activating group) is 1. The normalized spacial score (nSPS) is 31.2. The second-order valence-electron chi connectivity index (χ2n) is 5.90. The van der Waals surface area contributed by atoms with Gasteiger partial charge in [-0.3, -0.25) is 0 Å². The summed E-state index contributed by atoms with van der Waals surface area (Å²) in [6, 6.07) is 1.68. The van der Waals surface area contributed by atoms with E-state index < -0.39 is 0 Å². The van der Waals surface area contributed by atoms with Crippen LogP contribution in [0.15, 0.2) is 0 Å². The zero-order valence-electron chi connectivity index (χ0n) is 12.2. The van der Waals surface area contributed by atoms with Gasteiger partial charge in [-0.25, -0.2) is 0 Å². The highest BCUT2D eigenvalue weighted by molar-refractivity contribution is 4.92. The standard InChI is InChI=1S/C15H30N2O/c1-3-17(9-10-18-4-2)8-7-13-11-14-5-6-15(12-13)16-14/h13-16H,3-12H2,1-2H3. The molecule has 2 bridgehead atoms. The largest absolute Gasteiger partial charge is 0.380 e. The number of nitrogens with one attached hydrogen (secondary N) is 1. The molecule has 0 aliphatic carbocycles. The second kappa shape index (κ2) is 7.46. The van der Waals surface area contributed by atoms with Gasteiger partial charge in [-0.2, -0.15) is 0 Å². The number of piperidine rings is 1. The molecule has 2 fully saturated rings. The molecule has 2 aliphatic heterocycles. The third-order valence-corrected chi connectivity index (χ3v) is 4.63. The molecule has 18 heavy (non-hydrogen) atoms. The summed E-state index contributed by atoms with van der Waals surface area (Å²) in [5.74, 6) is 0.963. The maximum absolute atomic E-state index is 5.45. The number of ether oxygens (including phenoxy) is 1. The molecule has 0 aromatic carbocycles. The summed E-state index contributed by atoms with van der Waals surface area (Å²) in [7, 11) is 0. The summed E-state index contributed by atoms with van der Waals surface area (Å²) >= 11 is 0. The Morgan fingerprint density at radius 1 is 1.11 bits per heavy atom. The zero-order valence-corrected chi connectivity index (χ0v) is 12.2. The van der Waals surface area contributed by atoms with E-state index >= 15 is 0 Å². The van der Waals surface area contributed by atoms with Gasteiger partial charge in [0.05, 0.1) is 6.61 Å². The van der Waals surface area contributed by atoms with E-state index in [4.69, 9.17) is 4.74 Å². The maximum atomic E-state index is 5.45. The molecule has 1 N–H and O–H groups in total. The lowest BCUT2D eigenvalue weighted by Crippen LogP contribution is -2.39. The molecular formula is C15H30N2O. The fraction of sp³-hybridized carbons (Fsp3) is 1.00. The molecule has 0 aromatic rings. The first-order chi connectivity index (χ1) is 8.81. The van der Waals surface area contributed by atoms with Crippen LogP contribution in [0.3, 0.4) is 0 Å². The minimum atomic E-state index is 0.840.